The first kappa shape index (κ1) is 12.1. The fraction of sp³-hybridized carbons (Fsp3) is 0.500. The van der Waals surface area contributed by atoms with Gasteiger partial charge in [0.25, 0.3) is 0 Å². The van der Waals surface area contributed by atoms with E-state index in [9.17, 15) is 4.79 Å². The number of nitrogens with one attached hydrogen (secondary N) is 1. The third-order valence-electron chi connectivity index (χ3n) is 3.60. The van der Waals surface area contributed by atoms with E-state index in [-0.39, 0.29) is 11.4 Å². The lowest BCUT2D eigenvalue weighted by Gasteiger charge is -2.40. The van der Waals surface area contributed by atoms with Gasteiger partial charge in [0.15, 0.2) is 5.78 Å². The summed E-state index contributed by atoms with van der Waals surface area (Å²) < 4.78 is 5.54. The topological polar surface area (TPSA) is 38.3 Å². The monoisotopic (exact) mass is 233 g/mol. The number of carbonyl (C=O) groups is 1. The minimum atomic E-state index is 0.0270. The number of hydrogen-bond acceptors (Lipinski definition) is 3. The SMILES string of the molecule is COC1(CNc2ccc(C(C)=O)cc2)CCC1. The average Bonchev–Trinajstić information content (AvgIpc) is 2.29. The molecule has 0 radical (unpaired) electrons. The zero-order valence-electron chi connectivity index (χ0n) is 10.5. The summed E-state index contributed by atoms with van der Waals surface area (Å²) in [6.45, 7) is 2.42. The highest BCUT2D eigenvalue weighted by atomic mass is 16.5. The van der Waals surface area contributed by atoms with Gasteiger partial charge in [-0.05, 0) is 50.5 Å². The van der Waals surface area contributed by atoms with E-state index in [0.29, 0.717) is 0 Å². The fourth-order valence-electron chi connectivity index (χ4n) is 2.11. The van der Waals surface area contributed by atoms with Crippen LogP contribution in [0.4, 0.5) is 5.69 Å². The Kier molecular flexibility index (Phi) is 3.48. The van der Waals surface area contributed by atoms with Crippen molar-refractivity contribution < 1.29 is 9.53 Å². The first-order valence-electron chi connectivity index (χ1n) is 6.05. The summed E-state index contributed by atoms with van der Waals surface area (Å²) in [5, 5.41) is 3.37. The van der Waals surface area contributed by atoms with Gasteiger partial charge in [0.1, 0.15) is 0 Å². The van der Waals surface area contributed by atoms with Crippen LogP contribution in [0, 0.1) is 0 Å². The Balaban J connectivity index is 1.93. The Morgan fingerprint density at radius 1 is 1.35 bits per heavy atom. The van der Waals surface area contributed by atoms with Gasteiger partial charge in [-0.2, -0.15) is 0 Å². The molecule has 1 saturated carbocycles. The smallest absolute Gasteiger partial charge is 0.159 e. The normalized spacial score (nSPS) is 17.3. The van der Waals surface area contributed by atoms with Crippen LogP contribution >= 0.6 is 0 Å². The number of Topliss-reactive ketones (excluding diaryl/α,β-unsaturated/α-hetero) is 1. The molecule has 3 heteroatoms. The molecule has 17 heavy (non-hydrogen) atoms. The van der Waals surface area contributed by atoms with E-state index in [4.69, 9.17) is 4.74 Å². The van der Waals surface area contributed by atoms with E-state index in [2.05, 4.69) is 5.32 Å². The largest absolute Gasteiger partial charge is 0.382 e. The van der Waals surface area contributed by atoms with E-state index in [1.54, 1.807) is 14.0 Å². The third kappa shape index (κ3) is 2.67. The zero-order valence-corrected chi connectivity index (χ0v) is 10.5. The maximum Gasteiger partial charge on any atom is 0.159 e. The number of ketones is 1. The van der Waals surface area contributed by atoms with Crippen LogP contribution in [0.2, 0.25) is 0 Å². The van der Waals surface area contributed by atoms with Gasteiger partial charge in [0.05, 0.1) is 5.60 Å². The summed E-state index contributed by atoms with van der Waals surface area (Å²) in [6, 6.07) is 7.59. The van der Waals surface area contributed by atoms with Crippen molar-refractivity contribution in [1.29, 1.82) is 0 Å². The quantitative estimate of drug-likeness (QED) is 0.795. The van der Waals surface area contributed by atoms with E-state index >= 15 is 0 Å². The summed E-state index contributed by atoms with van der Waals surface area (Å²) >= 11 is 0. The molecule has 1 aliphatic carbocycles. The highest BCUT2D eigenvalue weighted by Crippen LogP contribution is 2.35. The molecule has 1 N–H and O–H groups in total. The van der Waals surface area contributed by atoms with E-state index in [1.807, 2.05) is 24.3 Å². The Morgan fingerprint density at radius 2 is 2.00 bits per heavy atom. The number of anilines is 1. The van der Waals surface area contributed by atoms with Gasteiger partial charge in [-0.15, -0.1) is 0 Å². The molecule has 0 aromatic heterocycles. The van der Waals surface area contributed by atoms with Crippen LogP contribution < -0.4 is 5.32 Å². The number of benzene rings is 1. The number of carbonyl (C=O) groups excluding carboxylic acids is 1. The van der Waals surface area contributed by atoms with E-state index < -0.39 is 0 Å². The summed E-state index contributed by atoms with van der Waals surface area (Å²) in [7, 11) is 1.78. The number of ether oxygens (including phenoxy) is 1. The first-order valence-corrected chi connectivity index (χ1v) is 6.05. The van der Waals surface area contributed by atoms with Crippen LogP contribution in [0.3, 0.4) is 0 Å². The minimum absolute atomic E-state index is 0.0270. The molecular weight excluding hydrogens is 214 g/mol. The van der Waals surface area contributed by atoms with Gasteiger partial charge in [0.2, 0.25) is 0 Å². The second-order valence-corrected chi connectivity index (χ2v) is 4.73. The molecule has 0 spiro atoms. The standard InChI is InChI=1S/C14H19NO2/c1-11(16)12-4-6-13(7-5-12)15-10-14(17-2)8-3-9-14/h4-7,15H,3,8-10H2,1-2H3. The molecule has 0 bridgehead atoms. The molecule has 92 valence electrons. The minimum Gasteiger partial charge on any atom is -0.382 e. The molecular formula is C14H19NO2. The molecule has 1 aromatic carbocycles. The van der Waals surface area contributed by atoms with Crippen molar-refractivity contribution in [1.82, 2.24) is 0 Å². The maximum atomic E-state index is 11.1. The number of rotatable bonds is 5. The predicted molar refractivity (Wildman–Crippen MR) is 68.5 cm³/mol. The van der Waals surface area contributed by atoms with Crippen LogP contribution in [-0.2, 0) is 4.74 Å². The Hall–Kier alpha value is -1.35. The van der Waals surface area contributed by atoms with Gasteiger partial charge in [-0.3, -0.25) is 4.79 Å². The van der Waals surface area contributed by atoms with Crippen LogP contribution in [-0.4, -0.2) is 25.0 Å². The molecule has 3 nitrogen and oxygen atoms in total. The lowest BCUT2D eigenvalue weighted by atomic mass is 9.80. The summed E-state index contributed by atoms with van der Waals surface area (Å²) in [5.41, 5.74) is 1.82. The zero-order chi connectivity index (χ0) is 12.3. The molecule has 2 rings (SSSR count). The van der Waals surface area contributed by atoms with Crippen LogP contribution in [0.25, 0.3) is 0 Å². The van der Waals surface area contributed by atoms with Gasteiger partial charge in [-0.25, -0.2) is 0 Å². The van der Waals surface area contributed by atoms with Crippen LogP contribution in [0.1, 0.15) is 36.5 Å². The van der Waals surface area contributed by atoms with Crippen molar-refractivity contribution in [3.63, 3.8) is 0 Å². The summed E-state index contributed by atoms with van der Waals surface area (Å²) in [4.78, 5) is 11.1. The van der Waals surface area contributed by atoms with Crippen LogP contribution in [0.5, 0.6) is 0 Å². The molecule has 0 saturated heterocycles. The van der Waals surface area contributed by atoms with Crippen LogP contribution in [0.15, 0.2) is 24.3 Å². The van der Waals surface area contributed by atoms with Crippen molar-refractivity contribution in [3.05, 3.63) is 29.8 Å². The molecule has 0 unspecified atom stereocenters. The van der Waals surface area contributed by atoms with E-state index in [1.165, 1.54) is 6.42 Å². The molecule has 0 atom stereocenters. The Labute approximate surface area is 102 Å². The van der Waals surface area contributed by atoms with Gasteiger partial charge >= 0.3 is 0 Å². The second kappa shape index (κ2) is 4.88. The second-order valence-electron chi connectivity index (χ2n) is 4.73. The Morgan fingerprint density at radius 3 is 2.41 bits per heavy atom. The molecule has 0 aliphatic heterocycles. The molecule has 1 aliphatic rings. The average molecular weight is 233 g/mol. The third-order valence-corrected chi connectivity index (χ3v) is 3.60. The Bertz CT molecular complexity index is 388. The van der Waals surface area contributed by atoms with Crippen molar-refractivity contribution in [2.45, 2.75) is 31.8 Å². The highest BCUT2D eigenvalue weighted by Gasteiger charge is 2.36. The van der Waals surface area contributed by atoms with Gasteiger partial charge < -0.3 is 10.1 Å². The maximum absolute atomic E-state index is 11.1. The van der Waals surface area contributed by atoms with Crippen molar-refractivity contribution >= 4 is 11.5 Å². The van der Waals surface area contributed by atoms with Gasteiger partial charge in [-0.1, -0.05) is 0 Å². The summed E-state index contributed by atoms with van der Waals surface area (Å²) in [5.74, 6) is 0.101. The van der Waals surface area contributed by atoms with E-state index in [0.717, 1.165) is 30.6 Å². The lowest BCUT2D eigenvalue weighted by Crippen LogP contribution is -2.45. The lowest BCUT2D eigenvalue weighted by molar-refractivity contribution is -0.0601. The first-order chi connectivity index (χ1) is 8.15. The fourth-order valence-corrected chi connectivity index (χ4v) is 2.11. The highest BCUT2D eigenvalue weighted by molar-refractivity contribution is 5.94. The van der Waals surface area contributed by atoms with Gasteiger partial charge in [0, 0.05) is 24.9 Å². The predicted octanol–water partition coefficient (Wildman–Crippen LogP) is 2.87. The number of methoxy groups -OCH3 is 1. The molecule has 1 fully saturated rings. The van der Waals surface area contributed by atoms with Crippen molar-refractivity contribution in [2.75, 3.05) is 19.0 Å². The molecule has 0 heterocycles. The van der Waals surface area contributed by atoms with Crippen molar-refractivity contribution in [2.24, 2.45) is 0 Å². The number of hydrogen-bond donors (Lipinski definition) is 1. The summed E-state index contributed by atoms with van der Waals surface area (Å²) in [6.07, 6.45) is 3.50. The molecule has 0 amide bonds. The molecule has 1 aromatic rings. The van der Waals surface area contributed by atoms with Crippen molar-refractivity contribution in [3.8, 4) is 0 Å².